The number of aldehydes is 1. The van der Waals surface area contributed by atoms with Gasteiger partial charge in [-0.25, -0.2) is 0 Å². The number of rotatable bonds is 5. The van der Waals surface area contributed by atoms with Gasteiger partial charge in [0.1, 0.15) is 24.4 Å². The van der Waals surface area contributed by atoms with Crippen molar-refractivity contribution in [3.63, 3.8) is 0 Å². The maximum Gasteiger partial charge on any atom is 2.00 e. The largest absolute Gasteiger partial charge is 2.00 e. The Bertz CT molecular complexity index is 157. The van der Waals surface area contributed by atoms with Gasteiger partial charge in [-0.1, -0.05) is 0 Å². The van der Waals surface area contributed by atoms with E-state index in [0.717, 1.165) is 0 Å². The first-order valence-corrected chi connectivity index (χ1v) is 3.33. The number of hydrogen-bond donors (Lipinski definition) is 5. The summed E-state index contributed by atoms with van der Waals surface area (Å²) in [6, 6.07) is 0. The van der Waals surface area contributed by atoms with Gasteiger partial charge in [-0.15, -0.1) is 0 Å². The molecule has 14 heavy (non-hydrogen) atoms. The smallest absolute Gasteiger partial charge is 1.00 e. The van der Waals surface area contributed by atoms with Crippen LogP contribution in [-0.2, 0) is 24.3 Å². The zero-order chi connectivity index (χ0) is 9.72. The Morgan fingerprint density at radius 3 is 1.86 bits per heavy atom. The van der Waals surface area contributed by atoms with E-state index in [1.807, 2.05) is 0 Å². The van der Waals surface area contributed by atoms with Crippen LogP contribution in [0.15, 0.2) is 0 Å². The van der Waals surface area contributed by atoms with Crippen molar-refractivity contribution in [2.24, 2.45) is 0 Å². The second-order valence-electron chi connectivity index (χ2n) is 2.36. The Hall–Kier alpha value is 1.35. The molecule has 78 valence electrons. The molecule has 6 nitrogen and oxygen atoms in total. The minimum Gasteiger partial charge on any atom is -1.00 e. The SMILES string of the molecule is O=CC(O)C(O)C(O)C(O)CO.[Ca+2].[H-].[H-].[Zn]. The summed E-state index contributed by atoms with van der Waals surface area (Å²) in [4.78, 5) is 9.90. The van der Waals surface area contributed by atoms with Gasteiger partial charge in [0.25, 0.3) is 0 Å². The first kappa shape index (κ1) is 20.7. The van der Waals surface area contributed by atoms with Crippen LogP contribution >= 0.6 is 0 Å². The molecule has 0 aromatic carbocycles. The van der Waals surface area contributed by atoms with Crippen molar-refractivity contribution < 1.29 is 52.7 Å². The summed E-state index contributed by atoms with van der Waals surface area (Å²) in [7, 11) is 0. The summed E-state index contributed by atoms with van der Waals surface area (Å²) < 4.78 is 0. The van der Waals surface area contributed by atoms with Gasteiger partial charge in [0, 0.05) is 19.5 Å². The maximum absolute atomic E-state index is 9.90. The van der Waals surface area contributed by atoms with Crippen molar-refractivity contribution in [3.8, 4) is 0 Å². The van der Waals surface area contributed by atoms with E-state index < -0.39 is 31.0 Å². The van der Waals surface area contributed by atoms with Crippen LogP contribution in [0.4, 0.5) is 0 Å². The Labute approximate surface area is 127 Å². The molecule has 0 rings (SSSR count). The number of carbonyl (C=O) groups excluding carboxylic acids is 1. The van der Waals surface area contributed by atoms with E-state index in [1.165, 1.54) is 0 Å². The summed E-state index contributed by atoms with van der Waals surface area (Å²) in [6.45, 7) is -0.760. The van der Waals surface area contributed by atoms with Gasteiger partial charge < -0.3 is 33.2 Å². The summed E-state index contributed by atoms with van der Waals surface area (Å²) in [5.41, 5.74) is 0. The molecule has 0 aliphatic rings. The molecule has 0 aromatic heterocycles. The van der Waals surface area contributed by atoms with Gasteiger partial charge in [0.15, 0.2) is 6.29 Å². The third kappa shape index (κ3) is 6.77. The first-order chi connectivity index (χ1) is 5.54. The summed E-state index contributed by atoms with van der Waals surface area (Å²) in [5, 5.41) is 43.5. The van der Waals surface area contributed by atoms with Crippen molar-refractivity contribution >= 4 is 44.0 Å². The van der Waals surface area contributed by atoms with Crippen LogP contribution in [0.5, 0.6) is 0 Å². The standard InChI is InChI=1S/C6H12O6.Ca.Zn.2H/c7-1-3(9)5(11)6(12)4(10)2-8;;;;/h1,3-6,8-12H,2H2;;;;/q;+2;;2*-1. The van der Waals surface area contributed by atoms with Crippen LogP contribution in [-0.4, -0.2) is 101 Å². The van der Waals surface area contributed by atoms with E-state index in [0.29, 0.717) is 0 Å². The Kier molecular flexibility index (Phi) is 16.1. The molecule has 8 heteroatoms. The van der Waals surface area contributed by atoms with Crippen LogP contribution in [0, 0.1) is 0 Å². The molecule has 0 heterocycles. The third-order valence-electron chi connectivity index (χ3n) is 1.42. The van der Waals surface area contributed by atoms with Crippen molar-refractivity contribution in [2.45, 2.75) is 24.4 Å². The molecule has 0 bridgehead atoms. The van der Waals surface area contributed by atoms with Gasteiger partial charge >= 0.3 is 37.7 Å². The van der Waals surface area contributed by atoms with E-state index in [9.17, 15) is 4.79 Å². The number of hydrogen-bond acceptors (Lipinski definition) is 6. The van der Waals surface area contributed by atoms with Gasteiger partial charge in [-0.3, -0.25) is 0 Å². The Balaban J connectivity index is -0.000000101. The van der Waals surface area contributed by atoms with Crippen molar-refractivity contribution in [1.29, 1.82) is 0 Å². The average Bonchev–Trinajstić information content (AvgIpc) is 2.12. The predicted molar refractivity (Wildman–Crippen MR) is 45.2 cm³/mol. The molecule has 0 aromatic rings. The van der Waals surface area contributed by atoms with Crippen molar-refractivity contribution in [2.75, 3.05) is 6.61 Å². The average molecular weight is 288 g/mol. The molecule has 0 spiro atoms. The fraction of sp³-hybridized carbons (Fsp3) is 0.833. The fourth-order valence-electron chi connectivity index (χ4n) is 0.618. The molecular weight excluding hydrogens is 274 g/mol. The van der Waals surface area contributed by atoms with Crippen molar-refractivity contribution in [3.05, 3.63) is 0 Å². The molecule has 4 unspecified atom stereocenters. The van der Waals surface area contributed by atoms with E-state index >= 15 is 0 Å². The second-order valence-corrected chi connectivity index (χ2v) is 2.36. The minimum absolute atomic E-state index is 0. The molecule has 0 amide bonds. The summed E-state index contributed by atoms with van der Waals surface area (Å²) >= 11 is 0. The zero-order valence-electron chi connectivity index (χ0n) is 9.65. The Morgan fingerprint density at radius 1 is 1.14 bits per heavy atom. The molecule has 0 fully saturated rings. The normalized spacial score (nSPS) is 18.1. The monoisotopic (exact) mass is 286 g/mol. The quantitative estimate of drug-likeness (QED) is 0.264. The topological polar surface area (TPSA) is 118 Å². The van der Waals surface area contributed by atoms with Crippen LogP contribution in [0.2, 0.25) is 0 Å². The molecule has 5 N–H and O–H groups in total. The predicted octanol–water partition coefficient (Wildman–Crippen LogP) is -3.54. The second kappa shape index (κ2) is 10.9. The summed E-state index contributed by atoms with van der Waals surface area (Å²) in [5.74, 6) is 0. The van der Waals surface area contributed by atoms with Gasteiger partial charge in [-0.05, 0) is 0 Å². The maximum atomic E-state index is 9.90. The third-order valence-corrected chi connectivity index (χ3v) is 1.42. The van der Waals surface area contributed by atoms with Crippen LogP contribution < -0.4 is 0 Å². The molecular formula is C6H14CaO6Zn. The number of aliphatic hydroxyl groups is 5. The molecule has 0 aliphatic carbocycles. The molecule has 0 saturated heterocycles. The van der Waals surface area contributed by atoms with Crippen molar-refractivity contribution in [1.82, 2.24) is 0 Å². The number of aliphatic hydroxyl groups excluding tert-OH is 5. The molecule has 4 atom stereocenters. The molecule has 0 saturated carbocycles. The van der Waals surface area contributed by atoms with E-state index in [-0.39, 0.29) is 66.4 Å². The molecule has 0 aliphatic heterocycles. The molecule has 0 radical (unpaired) electrons. The first-order valence-electron chi connectivity index (χ1n) is 3.33. The van der Waals surface area contributed by atoms with Gasteiger partial charge in [0.2, 0.25) is 0 Å². The minimum atomic E-state index is -1.79. The summed E-state index contributed by atoms with van der Waals surface area (Å²) in [6.07, 6.45) is -6.84. The van der Waals surface area contributed by atoms with Crippen LogP contribution in [0.3, 0.4) is 0 Å². The number of carbonyl (C=O) groups is 1. The van der Waals surface area contributed by atoms with Gasteiger partial charge in [-0.2, -0.15) is 0 Å². The van der Waals surface area contributed by atoms with E-state index in [2.05, 4.69) is 0 Å². The zero-order valence-corrected chi connectivity index (χ0v) is 12.8. The Morgan fingerprint density at radius 2 is 1.57 bits per heavy atom. The van der Waals surface area contributed by atoms with Gasteiger partial charge in [0.05, 0.1) is 6.61 Å². The van der Waals surface area contributed by atoms with E-state index in [1.54, 1.807) is 0 Å². The van der Waals surface area contributed by atoms with Crippen LogP contribution in [0.25, 0.3) is 0 Å². The fourth-order valence-corrected chi connectivity index (χ4v) is 0.618. The van der Waals surface area contributed by atoms with E-state index in [4.69, 9.17) is 25.5 Å². The van der Waals surface area contributed by atoms with Crippen LogP contribution in [0.1, 0.15) is 2.85 Å².